The van der Waals surface area contributed by atoms with Gasteiger partial charge in [0, 0.05) is 24.2 Å². The lowest BCUT2D eigenvalue weighted by Gasteiger charge is -2.16. The van der Waals surface area contributed by atoms with Gasteiger partial charge in [0.1, 0.15) is 0 Å². The monoisotopic (exact) mass is 310 g/mol. The standard InChI is InChI=1S/C14H15ClN2O2S/c15-12-3-1-11-8-14(4-2-10(11)7-12)20(18,19)17-6-5-13(16)9-17/h1-4,7-8,13H,5-6,9,16H2. The first kappa shape index (κ1) is 13.8. The van der Waals surface area contributed by atoms with Gasteiger partial charge < -0.3 is 5.73 Å². The number of hydrogen-bond acceptors (Lipinski definition) is 3. The molecular formula is C14H15ClN2O2S. The summed E-state index contributed by atoms with van der Waals surface area (Å²) >= 11 is 5.93. The lowest BCUT2D eigenvalue weighted by molar-refractivity contribution is 0.472. The zero-order valence-corrected chi connectivity index (χ0v) is 12.4. The minimum atomic E-state index is -3.45. The molecule has 4 nitrogen and oxygen atoms in total. The molecule has 2 aromatic rings. The number of sulfonamides is 1. The van der Waals surface area contributed by atoms with Crippen LogP contribution in [-0.2, 0) is 10.0 Å². The van der Waals surface area contributed by atoms with Crippen molar-refractivity contribution in [2.75, 3.05) is 13.1 Å². The van der Waals surface area contributed by atoms with E-state index >= 15 is 0 Å². The second-order valence-electron chi connectivity index (χ2n) is 5.07. The van der Waals surface area contributed by atoms with Crippen LogP contribution in [0.25, 0.3) is 10.8 Å². The van der Waals surface area contributed by atoms with Crippen molar-refractivity contribution < 1.29 is 8.42 Å². The predicted molar refractivity (Wildman–Crippen MR) is 80.3 cm³/mol. The van der Waals surface area contributed by atoms with Crippen LogP contribution in [0.3, 0.4) is 0 Å². The molecule has 0 bridgehead atoms. The van der Waals surface area contributed by atoms with Gasteiger partial charge in [-0.1, -0.05) is 23.7 Å². The smallest absolute Gasteiger partial charge is 0.243 e. The molecule has 1 aliphatic heterocycles. The Morgan fingerprint density at radius 2 is 1.85 bits per heavy atom. The Morgan fingerprint density at radius 1 is 1.15 bits per heavy atom. The van der Waals surface area contributed by atoms with Crippen LogP contribution in [0.1, 0.15) is 6.42 Å². The highest BCUT2D eigenvalue weighted by Gasteiger charge is 2.30. The molecule has 0 spiro atoms. The highest BCUT2D eigenvalue weighted by molar-refractivity contribution is 7.89. The van der Waals surface area contributed by atoms with Crippen molar-refractivity contribution in [1.82, 2.24) is 4.31 Å². The molecule has 1 fully saturated rings. The maximum absolute atomic E-state index is 12.5. The van der Waals surface area contributed by atoms with Gasteiger partial charge in [0.25, 0.3) is 0 Å². The largest absolute Gasteiger partial charge is 0.326 e. The van der Waals surface area contributed by atoms with Crippen LogP contribution in [0, 0.1) is 0 Å². The zero-order chi connectivity index (χ0) is 14.3. The summed E-state index contributed by atoms with van der Waals surface area (Å²) in [7, 11) is -3.45. The average molecular weight is 311 g/mol. The van der Waals surface area contributed by atoms with Gasteiger partial charge in [0.05, 0.1) is 4.90 Å². The molecule has 2 N–H and O–H groups in total. The van der Waals surface area contributed by atoms with Crippen molar-refractivity contribution in [2.24, 2.45) is 5.73 Å². The van der Waals surface area contributed by atoms with Crippen LogP contribution in [0.15, 0.2) is 41.3 Å². The fourth-order valence-electron chi connectivity index (χ4n) is 2.48. The van der Waals surface area contributed by atoms with E-state index < -0.39 is 10.0 Å². The van der Waals surface area contributed by atoms with Gasteiger partial charge in [-0.05, 0) is 41.5 Å². The molecule has 0 amide bonds. The van der Waals surface area contributed by atoms with E-state index in [1.165, 1.54) is 4.31 Å². The van der Waals surface area contributed by atoms with Gasteiger partial charge in [0.2, 0.25) is 10.0 Å². The van der Waals surface area contributed by atoms with Crippen LogP contribution in [0.5, 0.6) is 0 Å². The normalized spacial score (nSPS) is 20.6. The first-order valence-corrected chi connectivity index (χ1v) is 8.24. The third kappa shape index (κ3) is 2.42. The predicted octanol–water partition coefficient (Wildman–Crippen LogP) is 2.21. The molecule has 0 radical (unpaired) electrons. The number of nitrogens with two attached hydrogens (primary N) is 1. The van der Waals surface area contributed by atoms with E-state index in [4.69, 9.17) is 17.3 Å². The molecule has 3 rings (SSSR count). The lowest BCUT2D eigenvalue weighted by atomic mass is 10.1. The summed E-state index contributed by atoms with van der Waals surface area (Å²) in [6.07, 6.45) is 0.711. The molecule has 1 aliphatic rings. The van der Waals surface area contributed by atoms with Crippen molar-refractivity contribution >= 4 is 32.4 Å². The van der Waals surface area contributed by atoms with Gasteiger partial charge in [-0.15, -0.1) is 0 Å². The third-order valence-corrected chi connectivity index (χ3v) is 5.70. The maximum atomic E-state index is 12.5. The minimum Gasteiger partial charge on any atom is -0.326 e. The Bertz CT molecular complexity index is 761. The second-order valence-corrected chi connectivity index (χ2v) is 7.44. The lowest BCUT2D eigenvalue weighted by Crippen LogP contribution is -2.31. The maximum Gasteiger partial charge on any atom is 0.243 e. The molecule has 0 aliphatic carbocycles. The fourth-order valence-corrected chi connectivity index (χ4v) is 4.20. The van der Waals surface area contributed by atoms with Gasteiger partial charge in [-0.3, -0.25) is 0 Å². The molecule has 1 heterocycles. The second kappa shape index (κ2) is 5.00. The molecular weight excluding hydrogens is 296 g/mol. The summed E-state index contributed by atoms with van der Waals surface area (Å²) < 4.78 is 26.5. The van der Waals surface area contributed by atoms with Crippen LogP contribution in [0.4, 0.5) is 0 Å². The fraction of sp³-hybridized carbons (Fsp3) is 0.286. The Morgan fingerprint density at radius 3 is 2.55 bits per heavy atom. The number of hydrogen-bond donors (Lipinski definition) is 1. The van der Waals surface area contributed by atoms with Crippen molar-refractivity contribution in [3.8, 4) is 0 Å². The summed E-state index contributed by atoms with van der Waals surface area (Å²) in [4.78, 5) is 0.307. The average Bonchev–Trinajstić information content (AvgIpc) is 2.85. The summed E-state index contributed by atoms with van der Waals surface area (Å²) in [5, 5.41) is 2.42. The molecule has 2 aromatic carbocycles. The topological polar surface area (TPSA) is 63.4 Å². The number of fused-ring (bicyclic) bond motifs is 1. The van der Waals surface area contributed by atoms with Crippen molar-refractivity contribution in [3.05, 3.63) is 41.4 Å². The quantitative estimate of drug-likeness (QED) is 0.925. The first-order chi connectivity index (χ1) is 9.46. The molecule has 20 heavy (non-hydrogen) atoms. The molecule has 0 aromatic heterocycles. The van der Waals surface area contributed by atoms with Gasteiger partial charge >= 0.3 is 0 Å². The number of rotatable bonds is 2. The Kier molecular flexibility index (Phi) is 3.46. The van der Waals surface area contributed by atoms with Crippen LogP contribution in [0.2, 0.25) is 5.02 Å². The number of halogens is 1. The van der Waals surface area contributed by atoms with E-state index in [1.54, 1.807) is 24.3 Å². The van der Waals surface area contributed by atoms with E-state index in [0.717, 1.165) is 10.8 Å². The van der Waals surface area contributed by atoms with Gasteiger partial charge in [-0.25, -0.2) is 8.42 Å². The van der Waals surface area contributed by atoms with Gasteiger partial charge in [0.15, 0.2) is 0 Å². The van der Waals surface area contributed by atoms with Crippen molar-refractivity contribution in [1.29, 1.82) is 0 Å². The van der Waals surface area contributed by atoms with E-state index in [2.05, 4.69) is 0 Å². The highest BCUT2D eigenvalue weighted by atomic mass is 35.5. The Hall–Kier alpha value is -1.14. The molecule has 106 valence electrons. The molecule has 1 saturated heterocycles. The summed E-state index contributed by atoms with van der Waals surface area (Å²) in [6.45, 7) is 0.878. The number of benzene rings is 2. The van der Waals surface area contributed by atoms with Crippen LogP contribution in [-0.4, -0.2) is 31.9 Å². The SMILES string of the molecule is NC1CCN(S(=O)(=O)c2ccc3cc(Cl)ccc3c2)C1. The van der Waals surface area contributed by atoms with Crippen LogP contribution < -0.4 is 5.73 Å². The van der Waals surface area contributed by atoms with Crippen LogP contribution >= 0.6 is 11.6 Å². The zero-order valence-electron chi connectivity index (χ0n) is 10.8. The molecule has 1 atom stereocenters. The molecule has 0 saturated carbocycles. The Labute approximate surface area is 123 Å². The van der Waals surface area contributed by atoms with E-state index in [1.807, 2.05) is 12.1 Å². The van der Waals surface area contributed by atoms with E-state index in [-0.39, 0.29) is 6.04 Å². The van der Waals surface area contributed by atoms with E-state index in [9.17, 15) is 8.42 Å². The summed E-state index contributed by atoms with van der Waals surface area (Å²) in [5.41, 5.74) is 5.79. The summed E-state index contributed by atoms with van der Waals surface area (Å²) in [5.74, 6) is 0. The first-order valence-electron chi connectivity index (χ1n) is 6.42. The molecule has 6 heteroatoms. The van der Waals surface area contributed by atoms with Crippen molar-refractivity contribution in [2.45, 2.75) is 17.4 Å². The van der Waals surface area contributed by atoms with Gasteiger partial charge in [-0.2, -0.15) is 4.31 Å². The Balaban J connectivity index is 2.03. The highest BCUT2D eigenvalue weighted by Crippen LogP contribution is 2.26. The third-order valence-electron chi connectivity index (χ3n) is 3.60. The molecule has 1 unspecified atom stereocenters. The summed E-state index contributed by atoms with van der Waals surface area (Å²) in [6, 6.07) is 10.4. The number of nitrogens with zero attached hydrogens (tertiary/aromatic N) is 1. The van der Waals surface area contributed by atoms with E-state index in [0.29, 0.717) is 29.4 Å². The minimum absolute atomic E-state index is 0.0657. The van der Waals surface area contributed by atoms with Crippen molar-refractivity contribution in [3.63, 3.8) is 0 Å².